The van der Waals surface area contributed by atoms with Crippen LogP contribution in [0.1, 0.15) is 18.9 Å². The number of hydrogen-bond acceptors (Lipinski definition) is 9. The van der Waals surface area contributed by atoms with Crippen LogP contribution in [-0.4, -0.2) is 66.1 Å². The summed E-state index contributed by atoms with van der Waals surface area (Å²) in [6, 6.07) is -0.843. The first-order chi connectivity index (χ1) is 17.8. The van der Waals surface area contributed by atoms with E-state index in [0.29, 0.717) is 12.4 Å². The molecule has 10 nitrogen and oxygen atoms in total. The third kappa shape index (κ3) is 7.07. The normalized spacial score (nSPS) is 17.8. The van der Waals surface area contributed by atoms with E-state index in [1.54, 1.807) is 0 Å². The zero-order valence-corrected chi connectivity index (χ0v) is 19.5. The molecule has 0 radical (unpaired) electrons. The van der Waals surface area contributed by atoms with Gasteiger partial charge in [0.1, 0.15) is 5.57 Å². The molecule has 38 heavy (non-hydrogen) atoms. The van der Waals surface area contributed by atoms with Crippen molar-refractivity contribution in [3.63, 3.8) is 0 Å². The maximum Gasteiger partial charge on any atom is 0.421 e. The molecule has 1 aromatic rings. The Morgan fingerprint density at radius 3 is 2.45 bits per heavy atom. The van der Waals surface area contributed by atoms with E-state index in [-0.39, 0.29) is 37.6 Å². The number of halogens is 7. The summed E-state index contributed by atoms with van der Waals surface area (Å²) in [5.74, 6) is -0.0264. The van der Waals surface area contributed by atoms with Gasteiger partial charge < -0.3 is 10.2 Å². The summed E-state index contributed by atoms with van der Waals surface area (Å²) >= 11 is 0. The van der Waals surface area contributed by atoms with Crippen LogP contribution < -0.4 is 21.1 Å². The largest absolute Gasteiger partial charge is 0.421 e. The van der Waals surface area contributed by atoms with Gasteiger partial charge in [0, 0.05) is 31.5 Å². The molecule has 0 aliphatic carbocycles. The van der Waals surface area contributed by atoms with Crippen LogP contribution in [0.4, 0.5) is 36.7 Å². The molecule has 2 atom stereocenters. The average molecular weight is 551 g/mol. The van der Waals surface area contributed by atoms with E-state index in [9.17, 15) is 40.3 Å². The number of hydroxylamine groups is 1. The molecule has 0 saturated heterocycles. The van der Waals surface area contributed by atoms with Crippen LogP contribution in [0.3, 0.4) is 0 Å². The first kappa shape index (κ1) is 28.6. The monoisotopic (exact) mass is 551 g/mol. The maximum absolute atomic E-state index is 14.6. The van der Waals surface area contributed by atoms with Crippen molar-refractivity contribution in [2.75, 3.05) is 24.6 Å². The van der Waals surface area contributed by atoms with E-state index in [4.69, 9.17) is 4.84 Å². The highest BCUT2D eigenvalue weighted by Crippen LogP contribution is 2.32. The van der Waals surface area contributed by atoms with Crippen LogP contribution in [0.5, 0.6) is 0 Å². The van der Waals surface area contributed by atoms with Crippen LogP contribution in [0.25, 0.3) is 0 Å². The number of alkyl halides is 7. The third-order valence-electron chi connectivity index (χ3n) is 5.23. The zero-order chi connectivity index (χ0) is 28.1. The molecule has 0 fully saturated rings. The van der Waals surface area contributed by atoms with Crippen LogP contribution in [0.2, 0.25) is 0 Å². The molecule has 2 aliphatic heterocycles. The highest BCUT2D eigenvalue weighted by molar-refractivity contribution is 5.84. The first-order valence-electron chi connectivity index (χ1n) is 10.8. The molecule has 1 aromatic heterocycles. The lowest BCUT2D eigenvalue weighted by Crippen LogP contribution is -2.41. The summed E-state index contributed by atoms with van der Waals surface area (Å²) in [5, 5.41) is 5.88. The Hall–Kier alpha value is -3.98. The number of amides is 1. The molecule has 0 saturated carbocycles. The minimum absolute atomic E-state index is 0.0105. The highest BCUT2D eigenvalue weighted by Gasteiger charge is 2.41. The SMILES string of the molecule is CC(CONC(=O)C(F)C1=CCN(c2ncc(C(F)(F)F)cn2)CC1)NC1=C(C(F)(F)F)C(=C=O)NN=C1. The molecule has 1 amide bonds. The van der Waals surface area contributed by atoms with Gasteiger partial charge in [0.05, 0.1) is 24.1 Å². The van der Waals surface area contributed by atoms with Gasteiger partial charge in [-0.1, -0.05) is 6.08 Å². The summed E-state index contributed by atoms with van der Waals surface area (Å²) in [6.45, 7) is 1.20. The predicted octanol–water partition coefficient (Wildman–Crippen LogP) is 2.12. The van der Waals surface area contributed by atoms with Crippen LogP contribution >= 0.6 is 0 Å². The minimum Gasteiger partial charge on any atom is -0.378 e. The van der Waals surface area contributed by atoms with Gasteiger partial charge in [-0.2, -0.15) is 31.4 Å². The van der Waals surface area contributed by atoms with Crippen LogP contribution in [0, 0.1) is 0 Å². The Bertz CT molecular complexity index is 1170. The van der Waals surface area contributed by atoms with Gasteiger partial charge in [-0.3, -0.25) is 15.1 Å². The molecule has 3 rings (SSSR count). The van der Waals surface area contributed by atoms with Crippen molar-refractivity contribution in [2.45, 2.75) is 37.9 Å². The fraction of sp³-hybridized carbons (Fsp3) is 0.429. The minimum atomic E-state index is -4.90. The maximum atomic E-state index is 14.6. The number of carbonyl (C=O) groups is 1. The van der Waals surface area contributed by atoms with E-state index in [1.807, 2.05) is 10.9 Å². The van der Waals surface area contributed by atoms with E-state index in [0.717, 1.165) is 12.2 Å². The van der Waals surface area contributed by atoms with Crippen molar-refractivity contribution >= 4 is 24.0 Å². The number of hydrogen-bond donors (Lipinski definition) is 3. The molecule has 2 aliphatic rings. The highest BCUT2D eigenvalue weighted by atomic mass is 19.4. The molecule has 2 unspecified atom stereocenters. The summed E-state index contributed by atoms with van der Waals surface area (Å²) in [5.41, 5.74) is 0.116. The molecule has 17 heteroatoms. The first-order valence-corrected chi connectivity index (χ1v) is 10.8. The van der Waals surface area contributed by atoms with E-state index >= 15 is 0 Å². The lowest BCUT2D eigenvalue weighted by molar-refractivity contribution is -0.138. The lowest BCUT2D eigenvalue weighted by Gasteiger charge is -2.27. The molecular formula is C21H20F7N7O3. The van der Waals surface area contributed by atoms with Gasteiger partial charge in [-0.15, -0.1) is 0 Å². The van der Waals surface area contributed by atoms with Crippen molar-refractivity contribution in [1.29, 1.82) is 0 Å². The molecule has 0 spiro atoms. The molecule has 206 valence electrons. The van der Waals surface area contributed by atoms with Gasteiger partial charge in [0.15, 0.2) is 11.6 Å². The number of allylic oxidation sites excluding steroid dienone is 2. The van der Waals surface area contributed by atoms with Gasteiger partial charge in [0.25, 0.3) is 5.91 Å². The summed E-state index contributed by atoms with van der Waals surface area (Å²) < 4.78 is 92.4. The second kappa shape index (κ2) is 11.6. The van der Waals surface area contributed by atoms with Crippen molar-refractivity contribution in [3.05, 3.63) is 46.6 Å². The molecule has 0 bridgehead atoms. The van der Waals surface area contributed by atoms with Gasteiger partial charge in [-0.25, -0.2) is 24.6 Å². The molecule has 3 N–H and O–H groups in total. The Morgan fingerprint density at radius 2 is 1.89 bits per heavy atom. The van der Waals surface area contributed by atoms with Crippen molar-refractivity contribution in [1.82, 2.24) is 26.2 Å². The molecular weight excluding hydrogens is 531 g/mol. The van der Waals surface area contributed by atoms with Crippen molar-refractivity contribution in [3.8, 4) is 0 Å². The predicted molar refractivity (Wildman–Crippen MR) is 117 cm³/mol. The van der Waals surface area contributed by atoms with Gasteiger partial charge in [-0.05, 0) is 18.9 Å². The summed E-state index contributed by atoms with van der Waals surface area (Å²) in [4.78, 5) is 36.7. The fourth-order valence-corrected chi connectivity index (χ4v) is 3.39. The Morgan fingerprint density at radius 1 is 1.21 bits per heavy atom. The molecule has 0 aromatic carbocycles. The number of nitrogens with one attached hydrogen (secondary N) is 3. The van der Waals surface area contributed by atoms with Gasteiger partial charge in [0.2, 0.25) is 12.1 Å². The molecule has 3 heterocycles. The average Bonchev–Trinajstić information content (AvgIpc) is 2.87. The second-order valence-corrected chi connectivity index (χ2v) is 8.06. The van der Waals surface area contributed by atoms with Crippen LogP contribution in [-0.2, 0) is 20.6 Å². The van der Waals surface area contributed by atoms with E-state index in [2.05, 4.69) is 20.4 Å². The summed E-state index contributed by atoms with van der Waals surface area (Å²) in [6.07, 6.45) is -8.08. The second-order valence-electron chi connectivity index (χ2n) is 8.06. The van der Waals surface area contributed by atoms with Crippen LogP contribution in [0.15, 0.2) is 46.1 Å². The Kier molecular flexibility index (Phi) is 8.73. The Balaban J connectivity index is 1.50. The van der Waals surface area contributed by atoms with Gasteiger partial charge >= 0.3 is 12.4 Å². The topological polar surface area (TPSA) is 121 Å². The number of rotatable bonds is 8. The third-order valence-corrected chi connectivity index (χ3v) is 5.23. The van der Waals surface area contributed by atoms with Crippen molar-refractivity contribution < 1.29 is 45.2 Å². The van der Waals surface area contributed by atoms with Crippen molar-refractivity contribution in [2.24, 2.45) is 5.10 Å². The number of anilines is 1. The fourth-order valence-electron chi connectivity index (χ4n) is 3.39. The summed E-state index contributed by atoms with van der Waals surface area (Å²) in [7, 11) is 0. The number of carbonyl (C=O) groups excluding carboxylic acids is 2. The quantitative estimate of drug-likeness (QED) is 0.195. The number of aromatic nitrogens is 2. The zero-order valence-electron chi connectivity index (χ0n) is 19.5. The lowest BCUT2D eigenvalue weighted by atomic mass is 10.0. The number of nitrogens with zero attached hydrogens (tertiary/aromatic N) is 4. The number of hydrazone groups is 1. The van der Waals surface area contributed by atoms with E-state index < -0.39 is 53.0 Å². The van der Waals surface area contributed by atoms with E-state index in [1.165, 1.54) is 17.9 Å². The smallest absolute Gasteiger partial charge is 0.378 e. The standard InChI is InChI=1S/C21H20F7N7O3/c1-11(32-14-8-31-33-15(9-36)16(14)21(26,27)28)10-38-34-18(37)17(22)12-2-4-35(5-3-12)19-29-6-13(7-30-19)20(23,24)25/h2,6-8,11,17,32-33H,3-5,10H2,1H3,(H,34,37). The Labute approximate surface area is 210 Å².